The van der Waals surface area contributed by atoms with Gasteiger partial charge in [-0.2, -0.15) is 0 Å². The Kier molecular flexibility index (Phi) is 10.5. The molecule has 0 radical (unpaired) electrons. The molecule has 41 heavy (non-hydrogen) atoms. The highest BCUT2D eigenvalue weighted by Crippen LogP contribution is 2.28. The SMILES string of the molecule is CCC(C(=O)NC(C)(C)C)N(Cc1ccc(Cl)cc1Cl)C(=O)CN(c1cc(C)cc(C)c1)S(=O)(=O)c1ccccc1. The maximum atomic E-state index is 14.2. The van der Waals surface area contributed by atoms with Crippen LogP contribution in [0.2, 0.25) is 10.0 Å². The number of hydrogen-bond donors (Lipinski definition) is 1. The highest BCUT2D eigenvalue weighted by atomic mass is 35.5. The summed E-state index contributed by atoms with van der Waals surface area (Å²) in [6, 6.07) is 17.4. The first-order chi connectivity index (χ1) is 19.1. The minimum absolute atomic E-state index is 0.0169. The van der Waals surface area contributed by atoms with E-state index in [4.69, 9.17) is 23.2 Å². The molecule has 0 saturated heterocycles. The zero-order valence-corrected chi connectivity index (χ0v) is 26.6. The van der Waals surface area contributed by atoms with E-state index in [1.807, 2.05) is 40.7 Å². The van der Waals surface area contributed by atoms with Crippen molar-refractivity contribution < 1.29 is 18.0 Å². The largest absolute Gasteiger partial charge is 0.350 e. The van der Waals surface area contributed by atoms with Crippen molar-refractivity contribution in [1.82, 2.24) is 10.2 Å². The molecular formula is C31H37Cl2N3O4S. The average Bonchev–Trinajstić information content (AvgIpc) is 2.87. The Balaban J connectivity index is 2.12. The number of carbonyl (C=O) groups excluding carboxylic acids is 2. The summed E-state index contributed by atoms with van der Waals surface area (Å²) in [5, 5.41) is 3.72. The molecule has 0 aromatic heterocycles. The number of rotatable bonds is 10. The third-order valence-corrected chi connectivity index (χ3v) is 8.72. The van der Waals surface area contributed by atoms with E-state index >= 15 is 0 Å². The fourth-order valence-corrected chi connectivity index (χ4v) is 6.44. The molecular weight excluding hydrogens is 581 g/mol. The van der Waals surface area contributed by atoms with Crippen LogP contribution >= 0.6 is 23.2 Å². The summed E-state index contributed by atoms with van der Waals surface area (Å²) in [5.41, 5.74) is 2.09. The number of aryl methyl sites for hydroxylation is 2. The minimum atomic E-state index is -4.14. The maximum absolute atomic E-state index is 14.2. The average molecular weight is 619 g/mol. The van der Waals surface area contributed by atoms with Gasteiger partial charge in [0.15, 0.2) is 0 Å². The monoisotopic (exact) mass is 617 g/mol. The Bertz CT molecular complexity index is 1490. The molecule has 1 N–H and O–H groups in total. The number of hydrogen-bond acceptors (Lipinski definition) is 4. The van der Waals surface area contributed by atoms with Gasteiger partial charge in [-0.3, -0.25) is 13.9 Å². The lowest BCUT2D eigenvalue weighted by atomic mass is 10.1. The molecule has 0 fully saturated rings. The molecule has 0 saturated carbocycles. The lowest BCUT2D eigenvalue weighted by Gasteiger charge is -2.35. The maximum Gasteiger partial charge on any atom is 0.264 e. The number of amides is 2. The van der Waals surface area contributed by atoms with E-state index in [2.05, 4.69) is 5.32 Å². The molecule has 0 spiro atoms. The van der Waals surface area contributed by atoms with E-state index in [9.17, 15) is 18.0 Å². The van der Waals surface area contributed by atoms with E-state index in [1.54, 1.807) is 55.5 Å². The van der Waals surface area contributed by atoms with Crippen LogP contribution in [0.3, 0.4) is 0 Å². The first kappa shape index (κ1) is 32.4. The Morgan fingerprint density at radius 3 is 2.07 bits per heavy atom. The van der Waals surface area contributed by atoms with Gasteiger partial charge in [0.2, 0.25) is 11.8 Å². The van der Waals surface area contributed by atoms with Crippen LogP contribution < -0.4 is 9.62 Å². The number of benzene rings is 3. The quantitative estimate of drug-likeness (QED) is 0.280. The number of nitrogens with zero attached hydrogens (tertiary/aromatic N) is 2. The second-order valence-corrected chi connectivity index (χ2v) is 13.8. The lowest BCUT2D eigenvalue weighted by molar-refractivity contribution is -0.141. The van der Waals surface area contributed by atoms with Crippen molar-refractivity contribution in [2.24, 2.45) is 0 Å². The predicted octanol–water partition coefficient (Wildman–Crippen LogP) is 6.53. The van der Waals surface area contributed by atoms with E-state index in [0.29, 0.717) is 27.7 Å². The summed E-state index contributed by atoms with van der Waals surface area (Å²) in [4.78, 5) is 29.1. The van der Waals surface area contributed by atoms with Crippen LogP contribution in [0.1, 0.15) is 50.8 Å². The van der Waals surface area contributed by atoms with Crippen LogP contribution in [0, 0.1) is 13.8 Å². The van der Waals surface area contributed by atoms with Crippen molar-refractivity contribution in [2.45, 2.75) is 71.0 Å². The number of anilines is 1. The van der Waals surface area contributed by atoms with Crippen LogP contribution in [-0.4, -0.2) is 43.3 Å². The van der Waals surface area contributed by atoms with Gasteiger partial charge in [-0.25, -0.2) is 8.42 Å². The number of halogens is 2. The molecule has 0 heterocycles. The Hall–Kier alpha value is -3.07. The fraction of sp³-hybridized carbons (Fsp3) is 0.355. The molecule has 10 heteroatoms. The molecule has 3 rings (SSSR count). The number of sulfonamides is 1. The summed E-state index contributed by atoms with van der Waals surface area (Å²) < 4.78 is 29.0. The molecule has 0 aliphatic rings. The summed E-state index contributed by atoms with van der Waals surface area (Å²) in [7, 11) is -4.14. The van der Waals surface area contributed by atoms with Crippen LogP contribution in [-0.2, 0) is 26.2 Å². The van der Waals surface area contributed by atoms with Crippen molar-refractivity contribution in [3.05, 3.63) is 93.5 Å². The zero-order chi connectivity index (χ0) is 30.5. The summed E-state index contributed by atoms with van der Waals surface area (Å²) >= 11 is 12.6. The van der Waals surface area contributed by atoms with Gasteiger partial charge >= 0.3 is 0 Å². The van der Waals surface area contributed by atoms with Crippen LogP contribution in [0.25, 0.3) is 0 Å². The second kappa shape index (κ2) is 13.3. The Morgan fingerprint density at radius 2 is 1.54 bits per heavy atom. The first-order valence-electron chi connectivity index (χ1n) is 13.3. The molecule has 0 aliphatic carbocycles. The molecule has 220 valence electrons. The van der Waals surface area contributed by atoms with E-state index in [1.165, 1.54) is 17.0 Å². The van der Waals surface area contributed by atoms with E-state index < -0.39 is 34.1 Å². The van der Waals surface area contributed by atoms with Crippen molar-refractivity contribution in [3.8, 4) is 0 Å². The van der Waals surface area contributed by atoms with Crippen LogP contribution in [0.5, 0.6) is 0 Å². The van der Waals surface area contributed by atoms with Gasteiger partial charge in [0, 0.05) is 22.1 Å². The molecule has 7 nitrogen and oxygen atoms in total. The highest BCUT2D eigenvalue weighted by Gasteiger charge is 2.35. The van der Waals surface area contributed by atoms with Crippen molar-refractivity contribution >= 4 is 50.7 Å². The van der Waals surface area contributed by atoms with Gasteiger partial charge in [-0.15, -0.1) is 0 Å². The molecule has 3 aromatic carbocycles. The van der Waals surface area contributed by atoms with Crippen molar-refractivity contribution in [1.29, 1.82) is 0 Å². The normalized spacial score (nSPS) is 12.5. The molecule has 1 unspecified atom stereocenters. The second-order valence-electron chi connectivity index (χ2n) is 11.1. The standard InChI is InChI=1S/C31H37Cl2N3O4S/c1-7-28(30(38)34-31(4,5)6)35(19-23-13-14-24(32)18-27(23)33)29(37)20-36(25-16-21(2)15-22(3)17-25)41(39,40)26-11-9-8-10-12-26/h8-18,28H,7,19-20H2,1-6H3,(H,34,38). The Labute approximate surface area is 253 Å². The minimum Gasteiger partial charge on any atom is -0.350 e. The molecule has 0 bridgehead atoms. The number of nitrogens with one attached hydrogen (secondary N) is 1. The highest BCUT2D eigenvalue weighted by molar-refractivity contribution is 7.92. The van der Waals surface area contributed by atoms with Crippen molar-refractivity contribution in [3.63, 3.8) is 0 Å². The third kappa shape index (κ3) is 8.47. The lowest BCUT2D eigenvalue weighted by Crippen LogP contribution is -2.55. The Morgan fingerprint density at radius 1 is 0.927 bits per heavy atom. The molecule has 2 amide bonds. The van der Waals surface area contributed by atoms with Crippen molar-refractivity contribution in [2.75, 3.05) is 10.8 Å². The predicted molar refractivity (Wildman–Crippen MR) is 166 cm³/mol. The molecule has 0 aliphatic heterocycles. The van der Waals surface area contributed by atoms with Crippen LogP contribution in [0.4, 0.5) is 5.69 Å². The van der Waals surface area contributed by atoms with Gasteiger partial charge in [0.25, 0.3) is 10.0 Å². The topological polar surface area (TPSA) is 86.8 Å². The third-order valence-electron chi connectivity index (χ3n) is 6.34. The molecule has 1 atom stereocenters. The zero-order valence-electron chi connectivity index (χ0n) is 24.2. The van der Waals surface area contributed by atoms with Gasteiger partial charge < -0.3 is 10.2 Å². The van der Waals surface area contributed by atoms with Gasteiger partial charge in [-0.05, 0) is 94.1 Å². The fourth-order valence-electron chi connectivity index (χ4n) is 4.55. The smallest absolute Gasteiger partial charge is 0.264 e. The van der Waals surface area contributed by atoms with E-state index in [-0.39, 0.29) is 17.3 Å². The van der Waals surface area contributed by atoms with E-state index in [0.717, 1.165) is 15.4 Å². The van der Waals surface area contributed by atoms with Crippen LogP contribution in [0.15, 0.2) is 71.6 Å². The van der Waals surface area contributed by atoms with Gasteiger partial charge in [-0.1, -0.05) is 60.5 Å². The first-order valence-corrected chi connectivity index (χ1v) is 15.5. The van der Waals surface area contributed by atoms with Gasteiger partial charge in [0.05, 0.1) is 10.6 Å². The summed E-state index contributed by atoms with van der Waals surface area (Å²) in [6.45, 7) is 10.6. The summed E-state index contributed by atoms with van der Waals surface area (Å²) in [5.74, 6) is -0.895. The van der Waals surface area contributed by atoms with Gasteiger partial charge in [0.1, 0.15) is 12.6 Å². The number of carbonyl (C=O) groups is 2. The summed E-state index contributed by atoms with van der Waals surface area (Å²) in [6.07, 6.45) is 0.299. The molecule has 3 aromatic rings.